The van der Waals surface area contributed by atoms with E-state index in [1.54, 1.807) is 30.3 Å². The molecule has 0 aromatic heterocycles. The summed E-state index contributed by atoms with van der Waals surface area (Å²) in [5, 5.41) is 20.7. The summed E-state index contributed by atoms with van der Waals surface area (Å²) < 4.78 is 13.9. The molecule has 2 aliphatic rings. The lowest BCUT2D eigenvalue weighted by Crippen LogP contribution is -2.33. The highest BCUT2D eigenvalue weighted by molar-refractivity contribution is 14.1. The molecule has 3 aromatic rings. The van der Waals surface area contributed by atoms with Crippen molar-refractivity contribution >= 4 is 73.7 Å². The van der Waals surface area contributed by atoms with Crippen molar-refractivity contribution in [1.82, 2.24) is 0 Å². The number of carbonyl (C=O) groups is 1. The van der Waals surface area contributed by atoms with Crippen LogP contribution in [0.4, 0.5) is 0 Å². The topological polar surface area (TPSA) is 76.0 Å². The summed E-state index contributed by atoms with van der Waals surface area (Å²) in [5.41, 5.74) is 1.27. The van der Waals surface area contributed by atoms with Crippen LogP contribution in [-0.2, 0) is 10.3 Å². The van der Waals surface area contributed by atoms with Crippen LogP contribution in [0.2, 0.25) is 0 Å². The lowest BCUT2D eigenvalue weighted by molar-refractivity contribution is 0.0223. The van der Waals surface area contributed by atoms with E-state index >= 15 is 0 Å². The third kappa shape index (κ3) is 2.30. The number of fused-ring (bicyclic) bond motifs is 6. The Bertz CT molecular complexity index is 1210. The first-order valence-corrected chi connectivity index (χ1v) is 11.3. The average molecular weight is 710 g/mol. The Kier molecular flexibility index (Phi) is 4.25. The van der Waals surface area contributed by atoms with Gasteiger partial charge in [0.25, 0.3) is 0 Å². The lowest BCUT2D eigenvalue weighted by Gasteiger charge is -2.37. The molecule has 1 atom stereocenters. The second-order valence-electron chi connectivity index (χ2n) is 6.39. The van der Waals surface area contributed by atoms with Crippen LogP contribution < -0.4 is 4.74 Å². The molecule has 5 rings (SSSR count). The van der Waals surface area contributed by atoms with Crippen molar-refractivity contribution in [2.75, 3.05) is 0 Å². The van der Waals surface area contributed by atoms with Crippen LogP contribution in [0.5, 0.6) is 23.0 Å². The minimum Gasteiger partial charge on any atom is -0.507 e. The largest absolute Gasteiger partial charge is 0.507 e. The Morgan fingerprint density at radius 3 is 2.36 bits per heavy atom. The SMILES string of the molecule is O=C1OC2(c3ccccc31)c1ccc(O)c(I)c1Oc1c2cc(I)c(O)c1I. The van der Waals surface area contributed by atoms with Crippen molar-refractivity contribution in [2.24, 2.45) is 0 Å². The van der Waals surface area contributed by atoms with Crippen LogP contribution in [0.25, 0.3) is 0 Å². The first-order chi connectivity index (χ1) is 13.4. The monoisotopic (exact) mass is 710 g/mol. The first-order valence-electron chi connectivity index (χ1n) is 8.10. The molecule has 3 aromatic carbocycles. The first kappa shape index (κ1) is 18.7. The molecule has 0 fully saturated rings. The second-order valence-corrected chi connectivity index (χ2v) is 9.71. The van der Waals surface area contributed by atoms with Crippen LogP contribution in [0, 0.1) is 10.7 Å². The van der Waals surface area contributed by atoms with Crippen LogP contribution >= 0.6 is 67.8 Å². The average Bonchev–Trinajstić information content (AvgIpc) is 2.98. The number of esters is 1. The number of phenolic OH excluding ortho intramolecular Hbond substituents is 2. The van der Waals surface area contributed by atoms with Crippen molar-refractivity contribution in [3.8, 4) is 23.0 Å². The van der Waals surface area contributed by atoms with E-state index < -0.39 is 11.6 Å². The summed E-state index contributed by atoms with van der Waals surface area (Å²) in [6.45, 7) is 0. The van der Waals surface area contributed by atoms with Gasteiger partial charge in [-0.3, -0.25) is 0 Å². The number of hydrogen-bond acceptors (Lipinski definition) is 5. The van der Waals surface area contributed by atoms with E-state index in [1.807, 2.05) is 57.3 Å². The third-order valence-electron chi connectivity index (χ3n) is 4.96. The van der Waals surface area contributed by atoms with Gasteiger partial charge in [-0.05, 0) is 92.0 Å². The molecule has 5 nitrogen and oxygen atoms in total. The van der Waals surface area contributed by atoms with Crippen LogP contribution in [0.15, 0.2) is 42.5 Å². The number of carbonyl (C=O) groups excluding carboxylic acids is 1. The highest BCUT2D eigenvalue weighted by atomic mass is 127. The van der Waals surface area contributed by atoms with E-state index in [1.165, 1.54) is 0 Å². The van der Waals surface area contributed by atoms with Gasteiger partial charge in [0.15, 0.2) is 17.1 Å². The highest BCUT2D eigenvalue weighted by Gasteiger charge is 2.54. The van der Waals surface area contributed by atoms with Gasteiger partial charge >= 0.3 is 5.97 Å². The highest BCUT2D eigenvalue weighted by Crippen LogP contribution is 2.59. The number of hydrogen-bond donors (Lipinski definition) is 2. The van der Waals surface area contributed by atoms with Gasteiger partial charge in [0.05, 0.1) is 21.8 Å². The van der Waals surface area contributed by atoms with E-state index in [2.05, 4.69) is 22.6 Å². The molecule has 2 aliphatic heterocycles. The molecule has 1 unspecified atom stereocenters. The Morgan fingerprint density at radius 2 is 1.57 bits per heavy atom. The van der Waals surface area contributed by atoms with Gasteiger partial charge in [-0.25, -0.2) is 4.79 Å². The lowest BCUT2D eigenvalue weighted by atomic mass is 9.77. The van der Waals surface area contributed by atoms with Gasteiger partial charge < -0.3 is 19.7 Å². The smallest absolute Gasteiger partial charge is 0.340 e. The van der Waals surface area contributed by atoms with Gasteiger partial charge in [0.1, 0.15) is 11.5 Å². The zero-order valence-electron chi connectivity index (χ0n) is 13.8. The molecule has 2 heterocycles. The molecule has 0 bridgehead atoms. The Hall–Kier alpha value is -1.28. The van der Waals surface area contributed by atoms with E-state index in [-0.39, 0.29) is 11.5 Å². The maximum absolute atomic E-state index is 12.8. The predicted molar refractivity (Wildman–Crippen MR) is 126 cm³/mol. The van der Waals surface area contributed by atoms with Crippen molar-refractivity contribution in [2.45, 2.75) is 5.60 Å². The Balaban J connectivity index is 1.97. The van der Waals surface area contributed by atoms with Crippen molar-refractivity contribution < 1.29 is 24.5 Å². The van der Waals surface area contributed by atoms with Crippen LogP contribution in [0.1, 0.15) is 27.0 Å². The summed E-state index contributed by atoms with van der Waals surface area (Å²) >= 11 is 6.08. The molecular formula is C20H9I3O5. The summed E-state index contributed by atoms with van der Waals surface area (Å²) in [7, 11) is 0. The summed E-state index contributed by atoms with van der Waals surface area (Å²) in [4.78, 5) is 12.8. The molecule has 0 amide bonds. The van der Waals surface area contributed by atoms with E-state index in [9.17, 15) is 15.0 Å². The number of ether oxygens (including phenoxy) is 2. The number of benzene rings is 3. The van der Waals surface area contributed by atoms with Crippen molar-refractivity contribution in [1.29, 1.82) is 0 Å². The standard InChI is InChI=1S/C20H9I3O5/c21-12-7-11-18(15(23)16(12)25)27-17-10(5-6-13(24)14(17)22)20(11)9-4-2-1-3-8(9)19(26)28-20/h1-7,24-25H. The molecule has 140 valence electrons. The molecule has 0 saturated heterocycles. The second kappa shape index (κ2) is 6.36. The zero-order chi connectivity index (χ0) is 19.8. The summed E-state index contributed by atoms with van der Waals surface area (Å²) in [6.07, 6.45) is 0. The predicted octanol–water partition coefficient (Wildman–Crippen LogP) is 5.48. The third-order valence-corrected chi connectivity index (χ3v) is 7.83. The van der Waals surface area contributed by atoms with E-state index in [4.69, 9.17) is 9.47 Å². The fraction of sp³-hybridized carbons (Fsp3) is 0.0500. The summed E-state index contributed by atoms with van der Waals surface area (Å²) in [5.74, 6) is 0.581. The maximum atomic E-state index is 12.8. The quantitative estimate of drug-likeness (QED) is 0.239. The Morgan fingerprint density at radius 1 is 0.857 bits per heavy atom. The molecule has 28 heavy (non-hydrogen) atoms. The van der Waals surface area contributed by atoms with Gasteiger partial charge in [0.2, 0.25) is 0 Å². The molecular weight excluding hydrogens is 701 g/mol. The minimum absolute atomic E-state index is 0.0697. The molecule has 0 saturated carbocycles. The van der Waals surface area contributed by atoms with Crippen LogP contribution in [0.3, 0.4) is 0 Å². The molecule has 8 heteroatoms. The minimum atomic E-state index is -1.21. The van der Waals surface area contributed by atoms with Gasteiger partial charge in [-0.1, -0.05) is 18.2 Å². The fourth-order valence-corrected chi connectivity index (χ4v) is 6.11. The van der Waals surface area contributed by atoms with Gasteiger partial charge in [0, 0.05) is 11.1 Å². The molecule has 1 spiro atoms. The normalized spacial score (nSPS) is 18.9. The molecule has 0 aliphatic carbocycles. The van der Waals surface area contributed by atoms with E-state index in [0.717, 1.165) is 0 Å². The van der Waals surface area contributed by atoms with Crippen molar-refractivity contribution in [3.05, 3.63) is 75.4 Å². The van der Waals surface area contributed by atoms with Gasteiger partial charge in [-0.2, -0.15) is 0 Å². The summed E-state index contributed by atoms with van der Waals surface area (Å²) in [6, 6.07) is 12.3. The van der Waals surface area contributed by atoms with Crippen molar-refractivity contribution in [3.63, 3.8) is 0 Å². The number of halogens is 3. The number of phenols is 2. The zero-order valence-corrected chi connectivity index (χ0v) is 20.3. The van der Waals surface area contributed by atoms with Crippen LogP contribution in [-0.4, -0.2) is 16.2 Å². The number of aromatic hydroxyl groups is 2. The fourth-order valence-electron chi connectivity index (χ4n) is 3.74. The maximum Gasteiger partial charge on any atom is 0.340 e. The number of rotatable bonds is 0. The molecule has 2 N–H and O–H groups in total. The molecule has 0 radical (unpaired) electrons. The van der Waals surface area contributed by atoms with E-state index in [0.29, 0.717) is 44.5 Å². The Labute approximate surface area is 200 Å². The van der Waals surface area contributed by atoms with Gasteiger partial charge in [-0.15, -0.1) is 0 Å².